The molecule has 0 heterocycles. The van der Waals surface area contributed by atoms with Gasteiger partial charge in [-0.05, 0) is 94.0 Å². The van der Waals surface area contributed by atoms with Crippen LogP contribution in [0.3, 0.4) is 0 Å². The van der Waals surface area contributed by atoms with Gasteiger partial charge in [-0.15, -0.1) is 0 Å². The minimum absolute atomic E-state index is 0.00790. The number of amides is 1. The molecule has 0 aliphatic rings. The molecular formula is C27H29BrClNO5S. The quantitative estimate of drug-likeness (QED) is 0.250. The highest BCUT2D eigenvalue weighted by molar-refractivity contribution is 9.10. The van der Waals surface area contributed by atoms with Gasteiger partial charge in [-0.2, -0.15) is 0 Å². The lowest BCUT2D eigenvalue weighted by atomic mass is 9.87. The number of halogens is 2. The largest absolute Gasteiger partial charge is 0.497 e. The van der Waals surface area contributed by atoms with Crippen LogP contribution in [0.25, 0.3) is 0 Å². The lowest BCUT2D eigenvalue weighted by Gasteiger charge is -2.23. The SMILES string of the molecule is COc1ccc(N(C(=O)CCCOc2ccc(C(C)(C)C)cc2Br)S(=O)(=O)c2ccc(Cl)cc2)cc1. The van der Waals surface area contributed by atoms with Crippen LogP contribution >= 0.6 is 27.5 Å². The second-order valence-corrected chi connectivity index (χ2v) is 12.2. The molecule has 0 radical (unpaired) electrons. The summed E-state index contributed by atoms with van der Waals surface area (Å²) >= 11 is 9.47. The lowest BCUT2D eigenvalue weighted by Crippen LogP contribution is -2.37. The van der Waals surface area contributed by atoms with Crippen LogP contribution in [0, 0.1) is 0 Å². The fourth-order valence-electron chi connectivity index (χ4n) is 3.44. The molecule has 9 heteroatoms. The van der Waals surface area contributed by atoms with Gasteiger partial charge in [0.1, 0.15) is 11.5 Å². The van der Waals surface area contributed by atoms with Crippen LogP contribution in [-0.4, -0.2) is 28.0 Å². The summed E-state index contributed by atoms with van der Waals surface area (Å²) < 4.78 is 39.6. The average molecular weight is 595 g/mol. The zero-order chi connectivity index (χ0) is 26.5. The first-order valence-corrected chi connectivity index (χ1v) is 13.9. The molecule has 0 saturated carbocycles. The number of methoxy groups -OCH3 is 1. The summed E-state index contributed by atoms with van der Waals surface area (Å²) in [5, 5.41) is 0.398. The Balaban J connectivity index is 1.75. The van der Waals surface area contributed by atoms with E-state index in [2.05, 4.69) is 36.7 Å². The standard InChI is InChI=1S/C27H29BrClNO5S/c1-27(2,3)19-7-16-25(24(28)18-19)35-17-5-6-26(31)30(21-10-12-22(34-4)13-11-21)36(32,33)23-14-8-20(29)9-15-23/h7-16,18H,5-6,17H2,1-4H3. The fraction of sp³-hybridized carbons (Fsp3) is 0.296. The summed E-state index contributed by atoms with van der Waals surface area (Å²) in [5.41, 5.74) is 1.39. The smallest absolute Gasteiger partial charge is 0.270 e. The lowest BCUT2D eigenvalue weighted by molar-refractivity contribution is -0.117. The number of hydrogen-bond donors (Lipinski definition) is 0. The Hall–Kier alpha value is -2.55. The van der Waals surface area contributed by atoms with Gasteiger partial charge in [-0.3, -0.25) is 4.79 Å². The van der Waals surface area contributed by atoms with Gasteiger partial charge in [-0.1, -0.05) is 38.4 Å². The number of ether oxygens (including phenoxy) is 2. The molecule has 0 N–H and O–H groups in total. The summed E-state index contributed by atoms with van der Waals surface area (Å²) in [5.74, 6) is 0.642. The molecule has 3 aromatic rings. The molecule has 0 spiro atoms. The van der Waals surface area contributed by atoms with E-state index < -0.39 is 15.9 Å². The Morgan fingerprint density at radius 1 is 1.00 bits per heavy atom. The van der Waals surface area contributed by atoms with Crippen LogP contribution in [0.2, 0.25) is 5.02 Å². The van der Waals surface area contributed by atoms with E-state index in [4.69, 9.17) is 21.1 Å². The fourth-order valence-corrected chi connectivity index (χ4v) is 5.51. The second-order valence-electron chi connectivity index (χ2n) is 9.16. The van der Waals surface area contributed by atoms with Crippen LogP contribution < -0.4 is 13.8 Å². The number of benzene rings is 3. The van der Waals surface area contributed by atoms with E-state index in [1.165, 1.54) is 49.1 Å². The van der Waals surface area contributed by atoms with Crippen molar-refractivity contribution < 1.29 is 22.7 Å². The van der Waals surface area contributed by atoms with E-state index in [9.17, 15) is 13.2 Å². The minimum Gasteiger partial charge on any atom is -0.497 e. The maximum Gasteiger partial charge on any atom is 0.270 e. The molecule has 0 unspecified atom stereocenters. The molecule has 36 heavy (non-hydrogen) atoms. The van der Waals surface area contributed by atoms with Gasteiger partial charge < -0.3 is 9.47 Å². The maximum atomic E-state index is 13.4. The molecule has 0 atom stereocenters. The van der Waals surface area contributed by atoms with Crippen molar-refractivity contribution >= 4 is 49.1 Å². The third-order valence-corrected chi connectivity index (χ3v) is 8.11. The first-order valence-electron chi connectivity index (χ1n) is 11.3. The van der Waals surface area contributed by atoms with Crippen LogP contribution in [0.1, 0.15) is 39.2 Å². The van der Waals surface area contributed by atoms with Crippen LogP contribution in [0.5, 0.6) is 11.5 Å². The van der Waals surface area contributed by atoms with Crippen molar-refractivity contribution in [2.45, 2.75) is 43.9 Å². The molecule has 0 fully saturated rings. The highest BCUT2D eigenvalue weighted by atomic mass is 79.9. The van der Waals surface area contributed by atoms with Crippen molar-refractivity contribution in [3.63, 3.8) is 0 Å². The van der Waals surface area contributed by atoms with Gasteiger partial charge in [0.05, 0.1) is 28.8 Å². The van der Waals surface area contributed by atoms with Gasteiger partial charge in [-0.25, -0.2) is 12.7 Å². The number of nitrogens with zero attached hydrogens (tertiary/aromatic N) is 1. The van der Waals surface area contributed by atoms with Crippen LogP contribution in [0.15, 0.2) is 76.1 Å². The van der Waals surface area contributed by atoms with Gasteiger partial charge in [0.2, 0.25) is 5.91 Å². The number of hydrogen-bond acceptors (Lipinski definition) is 5. The summed E-state index contributed by atoms with van der Waals surface area (Å²) in [6.07, 6.45) is 0.297. The van der Waals surface area contributed by atoms with Crippen molar-refractivity contribution in [2.75, 3.05) is 18.0 Å². The van der Waals surface area contributed by atoms with E-state index in [0.29, 0.717) is 22.9 Å². The molecule has 6 nitrogen and oxygen atoms in total. The monoisotopic (exact) mass is 593 g/mol. The topological polar surface area (TPSA) is 72.9 Å². The van der Waals surface area contributed by atoms with E-state index in [1.807, 2.05) is 18.2 Å². The molecule has 0 aromatic heterocycles. The molecule has 0 aliphatic heterocycles. The highest BCUT2D eigenvalue weighted by Gasteiger charge is 2.30. The highest BCUT2D eigenvalue weighted by Crippen LogP contribution is 2.32. The third kappa shape index (κ3) is 6.81. The molecule has 1 amide bonds. The van der Waals surface area contributed by atoms with Gasteiger partial charge in [0.15, 0.2) is 0 Å². The number of sulfonamides is 1. The van der Waals surface area contributed by atoms with Gasteiger partial charge >= 0.3 is 0 Å². The zero-order valence-corrected chi connectivity index (χ0v) is 23.8. The van der Waals surface area contributed by atoms with Crippen molar-refractivity contribution in [3.05, 3.63) is 81.8 Å². The first-order chi connectivity index (χ1) is 16.9. The third-order valence-electron chi connectivity index (χ3n) is 5.48. The van der Waals surface area contributed by atoms with Crippen molar-refractivity contribution in [1.82, 2.24) is 0 Å². The maximum absolute atomic E-state index is 13.4. The zero-order valence-electron chi connectivity index (χ0n) is 20.6. The number of rotatable bonds is 9. The normalized spacial score (nSPS) is 11.7. The summed E-state index contributed by atoms with van der Waals surface area (Å²) in [6.45, 7) is 6.64. The van der Waals surface area contributed by atoms with Gasteiger partial charge in [0.25, 0.3) is 10.0 Å². The van der Waals surface area contributed by atoms with Crippen LogP contribution in [-0.2, 0) is 20.2 Å². The minimum atomic E-state index is -4.17. The van der Waals surface area contributed by atoms with E-state index in [0.717, 1.165) is 8.78 Å². The summed E-state index contributed by atoms with van der Waals surface area (Å²) in [6, 6.07) is 17.9. The number of anilines is 1. The van der Waals surface area contributed by atoms with Crippen molar-refractivity contribution in [1.29, 1.82) is 0 Å². The average Bonchev–Trinajstić information content (AvgIpc) is 2.82. The Morgan fingerprint density at radius 2 is 1.64 bits per heavy atom. The number of carbonyl (C=O) groups excluding carboxylic acids is 1. The van der Waals surface area contributed by atoms with Crippen LogP contribution in [0.4, 0.5) is 5.69 Å². The molecule has 3 rings (SSSR count). The molecule has 3 aromatic carbocycles. The van der Waals surface area contributed by atoms with E-state index in [-0.39, 0.29) is 29.0 Å². The van der Waals surface area contributed by atoms with Crippen molar-refractivity contribution in [2.24, 2.45) is 0 Å². The first kappa shape index (κ1) is 28.0. The van der Waals surface area contributed by atoms with E-state index in [1.54, 1.807) is 12.1 Å². The van der Waals surface area contributed by atoms with Crippen molar-refractivity contribution in [3.8, 4) is 11.5 Å². The predicted octanol–water partition coefficient (Wildman–Crippen LogP) is 6.99. The Labute approximate surface area is 226 Å². The molecule has 0 bridgehead atoms. The Bertz CT molecular complexity index is 1300. The molecule has 0 saturated heterocycles. The molecular weight excluding hydrogens is 566 g/mol. The summed E-state index contributed by atoms with van der Waals surface area (Å²) in [7, 11) is -2.66. The summed E-state index contributed by atoms with van der Waals surface area (Å²) in [4.78, 5) is 13.2. The predicted molar refractivity (Wildman–Crippen MR) is 147 cm³/mol. The van der Waals surface area contributed by atoms with Gasteiger partial charge in [0, 0.05) is 11.4 Å². The Kier molecular flexibility index (Phi) is 9.08. The number of carbonyl (C=O) groups is 1. The molecule has 192 valence electrons. The van der Waals surface area contributed by atoms with E-state index >= 15 is 0 Å². The second kappa shape index (κ2) is 11.7. The molecule has 0 aliphatic carbocycles. The Morgan fingerprint density at radius 3 is 2.19 bits per heavy atom.